The van der Waals surface area contributed by atoms with Gasteiger partial charge in [0, 0.05) is 19.1 Å². The van der Waals surface area contributed by atoms with E-state index in [0.29, 0.717) is 5.56 Å². The zero-order valence-corrected chi connectivity index (χ0v) is 16.3. The van der Waals surface area contributed by atoms with Crippen LogP contribution in [-0.4, -0.2) is 47.6 Å². The molecule has 0 aliphatic carbocycles. The Morgan fingerprint density at radius 1 is 1.36 bits per heavy atom. The van der Waals surface area contributed by atoms with Gasteiger partial charge in [0.05, 0.1) is 26.9 Å². The van der Waals surface area contributed by atoms with Crippen molar-refractivity contribution in [3.63, 3.8) is 0 Å². The van der Waals surface area contributed by atoms with Gasteiger partial charge in [-0.3, -0.25) is 28.8 Å². The Bertz CT molecular complexity index is 899. The van der Waals surface area contributed by atoms with Crippen molar-refractivity contribution in [1.29, 1.82) is 0 Å². The summed E-state index contributed by atoms with van der Waals surface area (Å²) in [5.41, 5.74) is -1.50. The molecule has 3 atom stereocenters. The molecule has 2 aliphatic heterocycles. The van der Waals surface area contributed by atoms with Gasteiger partial charge in [-0.25, -0.2) is 4.79 Å². The van der Waals surface area contributed by atoms with E-state index in [4.69, 9.17) is 4.74 Å². The summed E-state index contributed by atoms with van der Waals surface area (Å²) in [4.78, 5) is 48.4. The molecule has 0 aromatic heterocycles. The number of nitrogens with one attached hydrogen (secondary N) is 1. The number of hydrogen-bond acceptors (Lipinski definition) is 7. The van der Waals surface area contributed by atoms with Crippen molar-refractivity contribution >= 4 is 34.3 Å². The number of nitrogens with zero attached hydrogens (tertiary/aromatic N) is 2. The Balaban J connectivity index is 1.88. The predicted molar refractivity (Wildman–Crippen MR) is 96.9 cm³/mol. The first-order chi connectivity index (χ1) is 13.0. The van der Waals surface area contributed by atoms with Gasteiger partial charge in [-0.05, 0) is 31.5 Å². The van der Waals surface area contributed by atoms with Gasteiger partial charge in [0.15, 0.2) is 0 Å². The summed E-state index contributed by atoms with van der Waals surface area (Å²) >= 11 is 0. The van der Waals surface area contributed by atoms with Crippen LogP contribution in [0.3, 0.4) is 0 Å². The zero-order valence-electron chi connectivity index (χ0n) is 15.5. The van der Waals surface area contributed by atoms with Crippen LogP contribution in [0.5, 0.6) is 0 Å². The number of esters is 1. The maximum absolute atomic E-state index is 13.1. The molecule has 2 unspecified atom stereocenters. The van der Waals surface area contributed by atoms with Crippen molar-refractivity contribution in [2.24, 2.45) is 0 Å². The molecule has 150 valence electrons. The van der Waals surface area contributed by atoms with Crippen LogP contribution >= 0.6 is 0 Å². The minimum absolute atomic E-state index is 0.0347. The molecular formula is C17H19N3O7S. The van der Waals surface area contributed by atoms with Crippen LogP contribution < -0.4 is 5.32 Å². The molecule has 0 radical (unpaired) electrons. The molecule has 0 saturated carbocycles. The minimum atomic E-state index is -1.88. The van der Waals surface area contributed by atoms with Gasteiger partial charge >= 0.3 is 5.97 Å². The van der Waals surface area contributed by atoms with Gasteiger partial charge in [-0.1, -0.05) is 0 Å². The van der Waals surface area contributed by atoms with Gasteiger partial charge < -0.3 is 10.1 Å². The molecule has 1 aromatic carbocycles. The molecular weight excluding hydrogens is 390 g/mol. The summed E-state index contributed by atoms with van der Waals surface area (Å²) in [7, 11) is -1.59. The topological polar surface area (TPSA) is 136 Å². The monoisotopic (exact) mass is 409 g/mol. The fourth-order valence-electron chi connectivity index (χ4n) is 3.57. The van der Waals surface area contributed by atoms with Gasteiger partial charge in [-0.15, -0.1) is 0 Å². The summed E-state index contributed by atoms with van der Waals surface area (Å²) in [6.45, 7) is 4.05. The number of nitro benzene ring substituents is 1. The van der Waals surface area contributed by atoms with E-state index in [1.807, 2.05) is 0 Å². The highest BCUT2D eigenvalue weighted by Gasteiger charge is 2.74. The smallest absolute Gasteiger partial charge is 0.355 e. The Hall–Kier alpha value is -2.82. The summed E-state index contributed by atoms with van der Waals surface area (Å²) in [5, 5.41) is 12.6. The number of amides is 2. The summed E-state index contributed by atoms with van der Waals surface area (Å²) in [5.74, 6) is -1.88. The molecule has 28 heavy (non-hydrogen) atoms. The minimum Gasteiger partial charge on any atom is -0.458 e. The number of carbonyl (C=O) groups excluding carboxylic acids is 3. The van der Waals surface area contributed by atoms with Crippen molar-refractivity contribution in [2.45, 2.75) is 49.6 Å². The van der Waals surface area contributed by atoms with Crippen molar-refractivity contribution in [3.05, 3.63) is 39.9 Å². The van der Waals surface area contributed by atoms with Crippen LogP contribution in [0.2, 0.25) is 0 Å². The maximum Gasteiger partial charge on any atom is 0.355 e. The van der Waals surface area contributed by atoms with Crippen LogP contribution in [0.4, 0.5) is 5.69 Å². The van der Waals surface area contributed by atoms with E-state index in [-0.39, 0.29) is 18.7 Å². The van der Waals surface area contributed by atoms with Gasteiger partial charge in [0.25, 0.3) is 5.69 Å². The van der Waals surface area contributed by atoms with Crippen LogP contribution in [0.15, 0.2) is 24.3 Å². The second-order valence-corrected chi connectivity index (χ2v) is 9.28. The number of β-lactam (4-membered cyclic amide) rings is 1. The molecule has 10 nitrogen and oxygen atoms in total. The number of benzene rings is 1. The van der Waals surface area contributed by atoms with Crippen molar-refractivity contribution in [1.82, 2.24) is 10.2 Å². The maximum atomic E-state index is 13.1. The molecule has 2 aliphatic rings. The lowest BCUT2D eigenvalue weighted by atomic mass is 9.89. The average molecular weight is 409 g/mol. The Morgan fingerprint density at radius 2 is 1.96 bits per heavy atom. The molecule has 2 heterocycles. The number of carbonyl (C=O) groups is 3. The largest absolute Gasteiger partial charge is 0.458 e. The normalized spacial score (nSPS) is 27.5. The highest BCUT2D eigenvalue weighted by molar-refractivity contribution is 7.87. The number of non-ortho nitro benzene ring substituents is 1. The lowest BCUT2D eigenvalue weighted by molar-refractivity contribution is -0.384. The molecule has 0 bridgehead atoms. The van der Waals surface area contributed by atoms with E-state index in [0.717, 1.165) is 4.90 Å². The molecule has 2 fully saturated rings. The fraction of sp³-hybridized carbons (Fsp3) is 0.471. The first kappa shape index (κ1) is 19.9. The zero-order chi connectivity index (χ0) is 20.9. The summed E-state index contributed by atoms with van der Waals surface area (Å²) < 4.78 is 16.9. The predicted octanol–water partition coefficient (Wildman–Crippen LogP) is 0.570. The summed E-state index contributed by atoms with van der Waals surface area (Å²) in [6.07, 6.45) is 0.0347. The van der Waals surface area contributed by atoms with Crippen molar-refractivity contribution < 1.29 is 28.3 Å². The fourth-order valence-corrected chi connectivity index (χ4v) is 5.53. The summed E-state index contributed by atoms with van der Waals surface area (Å²) in [6, 6.07) is 5.42. The SMILES string of the molecule is CC(=O)NC1(C(=O)OCc2ccc([N+](=O)[O-])cc2)N2C(=O)C[C@H]2S(=O)C1(C)C. The lowest BCUT2D eigenvalue weighted by Gasteiger charge is -2.46. The van der Waals surface area contributed by atoms with E-state index in [1.54, 1.807) is 0 Å². The van der Waals surface area contributed by atoms with Crippen LogP contribution in [0, 0.1) is 10.1 Å². The number of hydrogen-bond donors (Lipinski definition) is 1. The van der Waals surface area contributed by atoms with Crippen molar-refractivity contribution in [2.75, 3.05) is 0 Å². The third kappa shape index (κ3) is 2.77. The third-order valence-corrected chi connectivity index (χ3v) is 7.23. The van der Waals surface area contributed by atoms with E-state index in [9.17, 15) is 28.7 Å². The van der Waals surface area contributed by atoms with Crippen molar-refractivity contribution in [3.8, 4) is 0 Å². The number of nitro groups is 1. The Morgan fingerprint density at radius 3 is 2.46 bits per heavy atom. The lowest BCUT2D eigenvalue weighted by Crippen LogP contribution is -2.75. The molecule has 1 aromatic rings. The van der Waals surface area contributed by atoms with Crippen LogP contribution in [0.25, 0.3) is 0 Å². The van der Waals surface area contributed by atoms with E-state index in [2.05, 4.69) is 5.32 Å². The molecule has 1 N–H and O–H groups in total. The van der Waals surface area contributed by atoms with E-state index >= 15 is 0 Å². The average Bonchev–Trinajstić information content (AvgIpc) is 2.74. The van der Waals surface area contributed by atoms with Gasteiger partial charge in [-0.2, -0.15) is 0 Å². The van der Waals surface area contributed by atoms with Gasteiger partial charge in [0.2, 0.25) is 17.5 Å². The molecule has 11 heteroatoms. The number of rotatable bonds is 5. The molecule has 3 rings (SSSR count). The standard InChI is InChI=1S/C17H19N3O7S/c1-10(21)18-17(16(2,3)28(26)14-8-13(22)19(14)17)15(23)27-9-11-4-6-12(7-5-11)20(24)25/h4-7,14H,8-9H2,1-3H3,(H,18,21)/t14-,17?,28?/m1/s1. The molecule has 0 spiro atoms. The first-order valence-corrected chi connectivity index (χ1v) is 9.66. The van der Waals surface area contributed by atoms with Gasteiger partial charge in [0.1, 0.15) is 12.0 Å². The van der Waals surface area contributed by atoms with E-state index < -0.39 is 49.3 Å². The third-order valence-electron chi connectivity index (χ3n) is 5.06. The van der Waals surface area contributed by atoms with Crippen LogP contribution in [0.1, 0.15) is 32.8 Å². The second-order valence-electron chi connectivity index (χ2n) is 7.12. The first-order valence-electron chi connectivity index (χ1n) is 8.44. The number of ether oxygens (including phenoxy) is 1. The Kier molecular flexibility index (Phi) is 4.74. The molecule has 2 saturated heterocycles. The highest BCUT2D eigenvalue weighted by Crippen LogP contribution is 2.49. The van der Waals surface area contributed by atoms with E-state index in [1.165, 1.54) is 45.0 Å². The highest BCUT2D eigenvalue weighted by atomic mass is 32.2. The Labute approximate surface area is 162 Å². The second kappa shape index (κ2) is 6.66. The number of fused-ring (bicyclic) bond motifs is 1. The van der Waals surface area contributed by atoms with Crippen LogP contribution in [-0.2, 0) is 36.5 Å². The molecule has 2 amide bonds. The quantitative estimate of drug-likeness (QED) is 0.325.